The molecular formula is C22H25F2NO4. The molecule has 2 unspecified atom stereocenters. The van der Waals surface area contributed by atoms with Crippen molar-refractivity contribution in [1.82, 2.24) is 4.90 Å². The number of rotatable bonds is 7. The molecule has 29 heavy (non-hydrogen) atoms. The summed E-state index contributed by atoms with van der Waals surface area (Å²) in [6, 6.07) is 7.18. The van der Waals surface area contributed by atoms with Crippen LogP contribution in [-0.4, -0.2) is 42.3 Å². The quantitative estimate of drug-likeness (QED) is 0.740. The summed E-state index contributed by atoms with van der Waals surface area (Å²) in [5, 5.41) is 9.75. The number of likely N-dealkylation sites (tertiary alicyclic amines) is 1. The maximum atomic E-state index is 14.8. The minimum atomic E-state index is -0.948. The lowest BCUT2D eigenvalue weighted by Gasteiger charge is -2.39. The number of carboxylic acid groups (broad SMARTS) is 1. The average molecular weight is 405 g/mol. The van der Waals surface area contributed by atoms with Crippen molar-refractivity contribution in [3.05, 3.63) is 59.2 Å². The molecule has 1 N–H and O–H groups in total. The Bertz CT molecular complexity index is 874. The zero-order valence-electron chi connectivity index (χ0n) is 16.5. The van der Waals surface area contributed by atoms with Crippen LogP contribution in [0.15, 0.2) is 36.4 Å². The van der Waals surface area contributed by atoms with Crippen molar-refractivity contribution in [2.45, 2.75) is 38.3 Å². The van der Waals surface area contributed by atoms with Crippen LogP contribution in [0.25, 0.3) is 0 Å². The lowest BCUT2D eigenvalue weighted by molar-refractivity contribution is -0.145. The van der Waals surface area contributed by atoms with E-state index in [1.54, 1.807) is 23.1 Å². The third kappa shape index (κ3) is 4.50. The van der Waals surface area contributed by atoms with Gasteiger partial charge in [0.25, 0.3) is 0 Å². The number of piperidine rings is 1. The van der Waals surface area contributed by atoms with Gasteiger partial charge in [0, 0.05) is 11.6 Å². The van der Waals surface area contributed by atoms with Crippen LogP contribution < -0.4 is 9.47 Å². The molecule has 1 fully saturated rings. The van der Waals surface area contributed by atoms with Crippen LogP contribution in [-0.2, 0) is 4.79 Å². The molecule has 2 atom stereocenters. The fraction of sp³-hybridized carbons (Fsp3) is 0.409. The Hall–Kier alpha value is -2.67. The first-order valence-corrected chi connectivity index (χ1v) is 9.70. The van der Waals surface area contributed by atoms with Gasteiger partial charge in [-0.05, 0) is 50.1 Å². The maximum Gasteiger partial charge on any atom is 0.320 e. The van der Waals surface area contributed by atoms with Gasteiger partial charge in [-0.3, -0.25) is 9.69 Å². The molecule has 156 valence electrons. The van der Waals surface area contributed by atoms with Gasteiger partial charge < -0.3 is 14.6 Å². The van der Waals surface area contributed by atoms with E-state index in [1.807, 2.05) is 6.92 Å². The van der Waals surface area contributed by atoms with E-state index in [0.29, 0.717) is 36.6 Å². The second kappa shape index (κ2) is 9.22. The second-order valence-electron chi connectivity index (χ2n) is 7.00. The molecule has 0 aliphatic carbocycles. The van der Waals surface area contributed by atoms with Gasteiger partial charge in [-0.1, -0.05) is 18.6 Å². The number of ether oxygens (including phenoxy) is 2. The van der Waals surface area contributed by atoms with E-state index in [0.717, 1.165) is 18.9 Å². The van der Waals surface area contributed by atoms with Crippen molar-refractivity contribution in [1.29, 1.82) is 0 Å². The number of hydrogen-bond donors (Lipinski definition) is 1. The van der Waals surface area contributed by atoms with Gasteiger partial charge in [-0.15, -0.1) is 0 Å². The van der Waals surface area contributed by atoms with E-state index in [9.17, 15) is 18.7 Å². The molecular weight excluding hydrogens is 380 g/mol. The van der Waals surface area contributed by atoms with Crippen molar-refractivity contribution >= 4 is 5.97 Å². The van der Waals surface area contributed by atoms with Crippen molar-refractivity contribution < 1.29 is 28.2 Å². The normalized spacial score (nSPS) is 18.3. The van der Waals surface area contributed by atoms with E-state index in [2.05, 4.69) is 0 Å². The van der Waals surface area contributed by atoms with Crippen LogP contribution >= 0.6 is 0 Å². The number of hydrogen-bond acceptors (Lipinski definition) is 4. The van der Waals surface area contributed by atoms with E-state index < -0.39 is 29.7 Å². The maximum absolute atomic E-state index is 14.8. The molecule has 1 aliphatic rings. The molecule has 0 radical (unpaired) electrons. The van der Waals surface area contributed by atoms with E-state index >= 15 is 0 Å². The molecule has 0 aromatic heterocycles. The summed E-state index contributed by atoms with van der Waals surface area (Å²) < 4.78 is 39.3. The minimum Gasteiger partial charge on any atom is -0.493 e. The summed E-state index contributed by atoms with van der Waals surface area (Å²) in [5.41, 5.74) is 0.889. The summed E-state index contributed by atoms with van der Waals surface area (Å²) in [6.07, 6.45) is 2.07. The Kier molecular flexibility index (Phi) is 6.69. The number of nitrogens with zero attached hydrogens (tertiary/aromatic N) is 1. The first-order valence-electron chi connectivity index (χ1n) is 9.70. The zero-order valence-corrected chi connectivity index (χ0v) is 16.5. The number of benzene rings is 2. The summed E-state index contributed by atoms with van der Waals surface area (Å²) in [5.74, 6) is -1.32. The highest BCUT2D eigenvalue weighted by molar-refractivity contribution is 5.73. The van der Waals surface area contributed by atoms with E-state index in [1.165, 1.54) is 19.2 Å². The number of methoxy groups -OCH3 is 1. The molecule has 2 aromatic carbocycles. The molecule has 2 aromatic rings. The number of carbonyl (C=O) groups is 1. The lowest BCUT2D eigenvalue weighted by Crippen LogP contribution is -2.47. The third-order valence-electron chi connectivity index (χ3n) is 5.22. The molecule has 0 spiro atoms. The summed E-state index contributed by atoms with van der Waals surface area (Å²) in [4.78, 5) is 13.7. The fourth-order valence-electron chi connectivity index (χ4n) is 3.93. The number of aliphatic carboxylic acids is 1. The highest BCUT2D eigenvalue weighted by Gasteiger charge is 2.36. The molecule has 0 amide bonds. The monoisotopic (exact) mass is 405 g/mol. The zero-order chi connectivity index (χ0) is 21.0. The fourth-order valence-corrected chi connectivity index (χ4v) is 3.93. The molecule has 0 saturated carbocycles. The molecule has 1 aliphatic heterocycles. The third-order valence-corrected chi connectivity index (χ3v) is 5.22. The Balaban J connectivity index is 2.15. The van der Waals surface area contributed by atoms with Crippen LogP contribution in [0.4, 0.5) is 8.78 Å². The standard InChI is InChI=1S/C22H25F2NO4/c1-3-29-20-12-14(7-10-19(20)28-2)21(16-9-8-15(23)13-17(16)24)25-11-5-4-6-18(25)22(26)27/h7-10,12-13,18,21H,3-6,11H2,1-2H3,(H,26,27). The first-order chi connectivity index (χ1) is 14.0. The Morgan fingerprint density at radius 1 is 1.21 bits per heavy atom. The number of carboxylic acids is 1. The lowest BCUT2D eigenvalue weighted by atomic mass is 9.91. The van der Waals surface area contributed by atoms with Gasteiger partial charge in [-0.2, -0.15) is 0 Å². The van der Waals surface area contributed by atoms with Crippen molar-refractivity contribution in [2.75, 3.05) is 20.3 Å². The number of halogens is 2. The summed E-state index contributed by atoms with van der Waals surface area (Å²) >= 11 is 0. The molecule has 1 heterocycles. The smallest absolute Gasteiger partial charge is 0.320 e. The summed E-state index contributed by atoms with van der Waals surface area (Å²) in [6.45, 7) is 2.75. The largest absolute Gasteiger partial charge is 0.493 e. The van der Waals surface area contributed by atoms with Gasteiger partial charge in [0.2, 0.25) is 0 Å². The van der Waals surface area contributed by atoms with Gasteiger partial charge >= 0.3 is 5.97 Å². The van der Waals surface area contributed by atoms with Gasteiger partial charge in [0.15, 0.2) is 11.5 Å². The highest BCUT2D eigenvalue weighted by atomic mass is 19.1. The van der Waals surface area contributed by atoms with Crippen molar-refractivity contribution in [2.24, 2.45) is 0 Å². The first kappa shape index (κ1) is 21.0. The van der Waals surface area contributed by atoms with Crippen molar-refractivity contribution in [3.63, 3.8) is 0 Å². The average Bonchev–Trinajstić information content (AvgIpc) is 2.70. The molecule has 0 bridgehead atoms. The van der Waals surface area contributed by atoms with Gasteiger partial charge in [0.05, 0.1) is 19.8 Å². The Labute approximate surface area is 168 Å². The predicted molar refractivity (Wildman–Crippen MR) is 104 cm³/mol. The second-order valence-corrected chi connectivity index (χ2v) is 7.00. The van der Waals surface area contributed by atoms with Gasteiger partial charge in [0.1, 0.15) is 17.7 Å². The van der Waals surface area contributed by atoms with Crippen LogP contribution in [0.1, 0.15) is 43.4 Å². The SMILES string of the molecule is CCOc1cc(C(c2ccc(F)cc2F)N2CCCCC2C(=O)O)ccc1OC. The summed E-state index contributed by atoms with van der Waals surface area (Å²) in [7, 11) is 1.53. The van der Waals surface area contributed by atoms with Gasteiger partial charge in [-0.25, -0.2) is 8.78 Å². The van der Waals surface area contributed by atoms with Crippen LogP contribution in [0.2, 0.25) is 0 Å². The van der Waals surface area contributed by atoms with E-state index in [4.69, 9.17) is 9.47 Å². The molecule has 7 heteroatoms. The Morgan fingerprint density at radius 2 is 2.00 bits per heavy atom. The minimum absolute atomic E-state index is 0.229. The van der Waals surface area contributed by atoms with Crippen molar-refractivity contribution in [3.8, 4) is 11.5 Å². The van der Waals surface area contributed by atoms with Crippen LogP contribution in [0, 0.1) is 11.6 Å². The predicted octanol–water partition coefficient (Wildman–Crippen LogP) is 4.40. The van der Waals surface area contributed by atoms with Crippen LogP contribution in [0.3, 0.4) is 0 Å². The van der Waals surface area contributed by atoms with Crippen LogP contribution in [0.5, 0.6) is 11.5 Å². The Morgan fingerprint density at radius 3 is 2.66 bits per heavy atom. The molecule has 1 saturated heterocycles. The highest BCUT2D eigenvalue weighted by Crippen LogP contribution is 2.39. The molecule has 5 nitrogen and oxygen atoms in total. The molecule has 3 rings (SSSR count). The van der Waals surface area contributed by atoms with E-state index in [-0.39, 0.29) is 5.56 Å². The topological polar surface area (TPSA) is 59.0 Å².